The van der Waals surface area contributed by atoms with Crippen LogP contribution in [-0.2, 0) is 10.0 Å². The standard InChI is InChI=1S/C15H25N3O4S.ClH/c1-10-14(23(20,21)18(2)3)8-13(22-10)15(19)17-12-7-5-4-6-11(12)9-16;/h8,11-12H,4-7,9,16H2,1-3H3,(H,17,19);1H. The van der Waals surface area contributed by atoms with Crippen molar-refractivity contribution in [3.63, 3.8) is 0 Å². The van der Waals surface area contributed by atoms with E-state index in [9.17, 15) is 13.2 Å². The predicted octanol–water partition coefficient (Wildman–Crippen LogP) is 1.51. The fourth-order valence-corrected chi connectivity index (χ4v) is 4.00. The molecule has 0 aromatic carbocycles. The summed E-state index contributed by atoms with van der Waals surface area (Å²) in [5, 5.41) is 2.94. The van der Waals surface area contributed by atoms with Gasteiger partial charge in [0.05, 0.1) is 0 Å². The highest BCUT2D eigenvalue weighted by Crippen LogP contribution is 2.25. The summed E-state index contributed by atoms with van der Waals surface area (Å²) in [5.74, 6) is 0.0968. The first kappa shape index (κ1) is 21.0. The Morgan fingerprint density at radius 3 is 2.58 bits per heavy atom. The molecule has 9 heteroatoms. The Morgan fingerprint density at radius 2 is 2.00 bits per heavy atom. The van der Waals surface area contributed by atoms with Crippen LogP contribution in [0.4, 0.5) is 0 Å². The summed E-state index contributed by atoms with van der Waals surface area (Å²) in [5.41, 5.74) is 5.77. The van der Waals surface area contributed by atoms with Gasteiger partial charge in [-0.1, -0.05) is 12.8 Å². The van der Waals surface area contributed by atoms with Gasteiger partial charge in [-0.25, -0.2) is 12.7 Å². The van der Waals surface area contributed by atoms with Gasteiger partial charge in [-0.15, -0.1) is 12.4 Å². The summed E-state index contributed by atoms with van der Waals surface area (Å²) in [6.07, 6.45) is 4.06. The van der Waals surface area contributed by atoms with Crippen LogP contribution >= 0.6 is 12.4 Å². The number of halogens is 1. The number of carbonyl (C=O) groups excluding carboxylic acids is 1. The number of nitrogens with zero attached hydrogens (tertiary/aromatic N) is 1. The maximum Gasteiger partial charge on any atom is 0.287 e. The summed E-state index contributed by atoms with van der Waals surface area (Å²) >= 11 is 0. The molecule has 0 saturated heterocycles. The molecule has 3 N–H and O–H groups in total. The molecule has 24 heavy (non-hydrogen) atoms. The molecule has 1 fully saturated rings. The number of furan rings is 1. The van der Waals surface area contributed by atoms with Gasteiger partial charge in [0, 0.05) is 26.2 Å². The van der Waals surface area contributed by atoms with Gasteiger partial charge >= 0.3 is 0 Å². The topological polar surface area (TPSA) is 106 Å². The molecule has 0 spiro atoms. The van der Waals surface area contributed by atoms with Gasteiger partial charge in [-0.2, -0.15) is 0 Å². The van der Waals surface area contributed by atoms with E-state index in [-0.39, 0.29) is 40.8 Å². The molecule has 7 nitrogen and oxygen atoms in total. The molecule has 1 heterocycles. The van der Waals surface area contributed by atoms with E-state index in [1.165, 1.54) is 27.1 Å². The lowest BCUT2D eigenvalue weighted by atomic mass is 9.84. The highest BCUT2D eigenvalue weighted by atomic mass is 35.5. The Morgan fingerprint density at radius 1 is 1.38 bits per heavy atom. The highest BCUT2D eigenvalue weighted by molar-refractivity contribution is 7.89. The molecule has 1 aliphatic carbocycles. The van der Waals surface area contributed by atoms with Crippen LogP contribution in [0, 0.1) is 12.8 Å². The fourth-order valence-electron chi connectivity index (χ4n) is 2.95. The Balaban J connectivity index is 0.00000288. The van der Waals surface area contributed by atoms with E-state index in [4.69, 9.17) is 10.2 Å². The number of aryl methyl sites for hydroxylation is 1. The maximum atomic E-state index is 12.4. The van der Waals surface area contributed by atoms with Crippen LogP contribution in [-0.4, -0.2) is 45.3 Å². The first-order valence-electron chi connectivity index (χ1n) is 7.81. The monoisotopic (exact) mass is 379 g/mol. The quantitative estimate of drug-likeness (QED) is 0.806. The van der Waals surface area contributed by atoms with Gasteiger partial charge in [0.15, 0.2) is 5.76 Å². The molecule has 0 radical (unpaired) electrons. The van der Waals surface area contributed by atoms with Crippen molar-refractivity contribution in [2.45, 2.75) is 43.5 Å². The Labute approximate surface area is 149 Å². The van der Waals surface area contributed by atoms with Crippen molar-refractivity contribution in [2.24, 2.45) is 11.7 Å². The minimum absolute atomic E-state index is 0. The Kier molecular flexibility index (Phi) is 7.27. The summed E-state index contributed by atoms with van der Waals surface area (Å²) in [6.45, 7) is 2.07. The number of nitrogens with two attached hydrogens (primary N) is 1. The molecule has 1 aromatic rings. The second-order valence-electron chi connectivity index (χ2n) is 6.18. The van der Waals surface area contributed by atoms with Gasteiger partial charge in [-0.3, -0.25) is 4.79 Å². The number of hydrogen-bond donors (Lipinski definition) is 2. The van der Waals surface area contributed by atoms with E-state index < -0.39 is 15.9 Å². The number of hydrogen-bond acceptors (Lipinski definition) is 5. The molecule has 1 aliphatic rings. The van der Waals surface area contributed by atoms with Crippen LogP contribution in [0.15, 0.2) is 15.4 Å². The minimum atomic E-state index is -3.63. The van der Waals surface area contributed by atoms with Crippen molar-refractivity contribution in [1.29, 1.82) is 0 Å². The van der Waals surface area contributed by atoms with Crippen molar-refractivity contribution in [3.05, 3.63) is 17.6 Å². The SMILES string of the molecule is Cc1oc(C(=O)NC2CCCCC2CN)cc1S(=O)(=O)N(C)C.Cl. The normalized spacial score (nSPS) is 21.4. The molecule has 138 valence electrons. The summed E-state index contributed by atoms with van der Waals surface area (Å²) < 4.78 is 30.9. The summed E-state index contributed by atoms with van der Waals surface area (Å²) in [6, 6.07) is 1.31. The minimum Gasteiger partial charge on any atom is -0.455 e. The van der Waals surface area contributed by atoms with Gasteiger partial charge in [0.1, 0.15) is 10.7 Å². The molecule has 1 aromatic heterocycles. The second kappa shape index (κ2) is 8.33. The zero-order chi connectivity index (χ0) is 17.2. The van der Waals surface area contributed by atoms with E-state index in [2.05, 4.69) is 5.32 Å². The third-order valence-corrected chi connectivity index (χ3v) is 6.31. The Hall–Kier alpha value is -1.09. The molecule has 2 unspecified atom stereocenters. The van der Waals surface area contributed by atoms with Crippen LogP contribution in [0.1, 0.15) is 42.0 Å². The molecule has 2 atom stereocenters. The lowest BCUT2D eigenvalue weighted by Gasteiger charge is -2.30. The van der Waals surface area contributed by atoms with Crippen LogP contribution in [0.5, 0.6) is 0 Å². The molecular weight excluding hydrogens is 354 g/mol. The van der Waals surface area contributed by atoms with E-state index in [0.29, 0.717) is 6.54 Å². The van der Waals surface area contributed by atoms with Gasteiger partial charge < -0.3 is 15.5 Å². The highest BCUT2D eigenvalue weighted by Gasteiger charge is 2.29. The number of nitrogens with one attached hydrogen (secondary N) is 1. The summed E-state index contributed by atoms with van der Waals surface area (Å²) in [7, 11) is -0.749. The Bertz CT molecular complexity index is 672. The molecule has 1 amide bonds. The number of carbonyl (C=O) groups is 1. The zero-order valence-electron chi connectivity index (χ0n) is 14.2. The lowest BCUT2D eigenvalue weighted by Crippen LogP contribution is -2.44. The molecule has 2 rings (SSSR count). The van der Waals surface area contributed by atoms with Gasteiger partial charge in [0.25, 0.3) is 5.91 Å². The van der Waals surface area contributed by atoms with E-state index in [0.717, 1.165) is 30.0 Å². The van der Waals surface area contributed by atoms with E-state index in [1.807, 2.05) is 0 Å². The summed E-state index contributed by atoms with van der Waals surface area (Å²) in [4.78, 5) is 12.4. The third kappa shape index (κ3) is 4.30. The number of amides is 1. The average Bonchev–Trinajstić information content (AvgIpc) is 2.90. The van der Waals surface area contributed by atoms with E-state index in [1.54, 1.807) is 0 Å². The van der Waals surface area contributed by atoms with Crippen molar-refractivity contribution in [2.75, 3.05) is 20.6 Å². The fraction of sp³-hybridized carbons (Fsp3) is 0.667. The first-order chi connectivity index (χ1) is 10.8. The van der Waals surface area contributed by atoms with Crippen molar-refractivity contribution < 1.29 is 17.6 Å². The lowest BCUT2D eigenvalue weighted by molar-refractivity contribution is 0.0878. The average molecular weight is 380 g/mol. The van der Waals surface area contributed by atoms with Gasteiger partial charge in [0.2, 0.25) is 10.0 Å². The van der Waals surface area contributed by atoms with Crippen LogP contribution < -0.4 is 11.1 Å². The third-order valence-electron chi connectivity index (χ3n) is 4.38. The zero-order valence-corrected chi connectivity index (χ0v) is 15.9. The smallest absolute Gasteiger partial charge is 0.287 e. The largest absolute Gasteiger partial charge is 0.455 e. The van der Waals surface area contributed by atoms with E-state index >= 15 is 0 Å². The molecule has 0 bridgehead atoms. The maximum absolute atomic E-state index is 12.4. The van der Waals surface area contributed by atoms with Crippen LogP contribution in [0.3, 0.4) is 0 Å². The van der Waals surface area contributed by atoms with Crippen molar-refractivity contribution in [1.82, 2.24) is 9.62 Å². The van der Waals surface area contributed by atoms with Gasteiger partial charge in [-0.05, 0) is 32.2 Å². The van der Waals surface area contributed by atoms with Crippen LogP contribution in [0.2, 0.25) is 0 Å². The molecule has 1 saturated carbocycles. The van der Waals surface area contributed by atoms with Crippen molar-refractivity contribution in [3.8, 4) is 0 Å². The number of rotatable bonds is 5. The number of sulfonamides is 1. The second-order valence-corrected chi connectivity index (χ2v) is 8.30. The van der Waals surface area contributed by atoms with Crippen molar-refractivity contribution >= 4 is 28.3 Å². The molecular formula is C15H26ClN3O4S. The predicted molar refractivity (Wildman–Crippen MR) is 93.8 cm³/mol. The molecule has 0 aliphatic heterocycles. The van der Waals surface area contributed by atoms with Crippen LogP contribution in [0.25, 0.3) is 0 Å². The first-order valence-corrected chi connectivity index (χ1v) is 9.25.